The fourth-order valence-electron chi connectivity index (χ4n) is 2.78. The van der Waals surface area contributed by atoms with Crippen LogP contribution in [0.3, 0.4) is 0 Å². The van der Waals surface area contributed by atoms with Gasteiger partial charge in [0.2, 0.25) is 0 Å². The number of benzene rings is 1. The zero-order valence-electron chi connectivity index (χ0n) is 10.0. The smallest absolute Gasteiger partial charge is 0.116 e. The van der Waals surface area contributed by atoms with Gasteiger partial charge in [-0.15, -0.1) is 0 Å². The Morgan fingerprint density at radius 1 is 1.00 bits per heavy atom. The highest BCUT2D eigenvalue weighted by atomic mass is 15.1. The molecule has 17 heavy (non-hydrogen) atoms. The molecular weight excluding hydrogens is 208 g/mol. The van der Waals surface area contributed by atoms with Crippen LogP contribution in [0, 0.1) is 0 Å². The second-order valence-electron chi connectivity index (χ2n) is 4.83. The molecule has 0 unspecified atom stereocenters. The van der Waals surface area contributed by atoms with Crippen molar-refractivity contribution >= 4 is 0 Å². The van der Waals surface area contributed by atoms with Crippen LogP contribution in [0.5, 0.6) is 0 Å². The first-order valence-electron chi connectivity index (χ1n) is 6.54. The van der Waals surface area contributed by atoms with Gasteiger partial charge in [0, 0.05) is 24.0 Å². The van der Waals surface area contributed by atoms with E-state index in [1.165, 1.54) is 43.6 Å². The third kappa shape index (κ3) is 2.12. The predicted molar refractivity (Wildman–Crippen MR) is 69.4 cm³/mol. The van der Waals surface area contributed by atoms with Crippen molar-refractivity contribution in [2.24, 2.45) is 0 Å². The molecule has 2 heteroatoms. The van der Waals surface area contributed by atoms with Crippen molar-refractivity contribution in [3.8, 4) is 5.69 Å². The second kappa shape index (κ2) is 4.74. The largest absolute Gasteiger partial charge is 0.304 e. The first kappa shape index (κ1) is 10.6. The maximum atomic E-state index is 4.58. The summed E-state index contributed by atoms with van der Waals surface area (Å²) in [7, 11) is 0. The van der Waals surface area contributed by atoms with Crippen LogP contribution in [0.15, 0.2) is 42.7 Å². The lowest BCUT2D eigenvalue weighted by Crippen LogP contribution is -2.10. The summed E-state index contributed by atoms with van der Waals surface area (Å²) >= 11 is 0. The van der Waals surface area contributed by atoms with Gasteiger partial charge in [-0.1, -0.05) is 37.5 Å². The number of nitrogens with zero attached hydrogens (tertiary/aromatic N) is 2. The molecular formula is C15H18N2. The van der Waals surface area contributed by atoms with E-state index >= 15 is 0 Å². The van der Waals surface area contributed by atoms with E-state index in [4.69, 9.17) is 0 Å². The molecule has 2 aromatic rings. The van der Waals surface area contributed by atoms with Gasteiger partial charge >= 0.3 is 0 Å². The Balaban J connectivity index is 1.93. The van der Waals surface area contributed by atoms with Crippen molar-refractivity contribution in [1.29, 1.82) is 0 Å². The molecule has 3 rings (SSSR count). The van der Waals surface area contributed by atoms with E-state index in [-0.39, 0.29) is 0 Å². The standard InChI is InChI=1S/C15H18N2/c1-3-7-13(8-4-1)15-16-11-12-17(15)14-9-5-2-6-10-14/h2,5-6,9-13H,1,3-4,7-8H2. The van der Waals surface area contributed by atoms with Gasteiger partial charge in [-0.05, 0) is 25.0 Å². The minimum absolute atomic E-state index is 0.652. The normalized spacial score (nSPS) is 17.2. The lowest BCUT2D eigenvalue weighted by atomic mass is 9.88. The van der Waals surface area contributed by atoms with Crippen molar-refractivity contribution in [2.75, 3.05) is 0 Å². The molecule has 1 aliphatic rings. The lowest BCUT2D eigenvalue weighted by molar-refractivity contribution is 0.425. The summed E-state index contributed by atoms with van der Waals surface area (Å²) in [6, 6.07) is 10.5. The van der Waals surface area contributed by atoms with Crippen LogP contribution in [0.25, 0.3) is 5.69 Å². The molecule has 0 spiro atoms. The van der Waals surface area contributed by atoms with Gasteiger partial charge in [-0.25, -0.2) is 4.98 Å². The Bertz CT molecular complexity index is 467. The number of hydrogen-bond acceptors (Lipinski definition) is 1. The van der Waals surface area contributed by atoms with Crippen molar-refractivity contribution in [1.82, 2.24) is 9.55 Å². The number of hydrogen-bond donors (Lipinski definition) is 0. The van der Waals surface area contributed by atoms with Gasteiger partial charge in [0.1, 0.15) is 5.82 Å². The Hall–Kier alpha value is -1.57. The lowest BCUT2D eigenvalue weighted by Gasteiger charge is -2.22. The van der Waals surface area contributed by atoms with Gasteiger partial charge in [0.15, 0.2) is 0 Å². The molecule has 1 aromatic carbocycles. The zero-order valence-corrected chi connectivity index (χ0v) is 10.0. The molecule has 88 valence electrons. The topological polar surface area (TPSA) is 17.8 Å². The van der Waals surface area contributed by atoms with Crippen LogP contribution in [0.2, 0.25) is 0 Å². The van der Waals surface area contributed by atoms with Gasteiger partial charge in [0.05, 0.1) is 0 Å². The highest BCUT2D eigenvalue weighted by Gasteiger charge is 2.20. The minimum atomic E-state index is 0.652. The molecule has 0 amide bonds. The van der Waals surface area contributed by atoms with Gasteiger partial charge in [0.25, 0.3) is 0 Å². The average Bonchev–Trinajstić information content (AvgIpc) is 2.90. The number of para-hydroxylation sites is 1. The summed E-state index contributed by atoms with van der Waals surface area (Å²) in [6.45, 7) is 0. The molecule has 2 nitrogen and oxygen atoms in total. The van der Waals surface area contributed by atoms with E-state index in [9.17, 15) is 0 Å². The maximum absolute atomic E-state index is 4.58. The molecule has 1 heterocycles. The maximum Gasteiger partial charge on any atom is 0.116 e. The van der Waals surface area contributed by atoms with Crippen LogP contribution >= 0.6 is 0 Å². The Morgan fingerprint density at radius 3 is 2.53 bits per heavy atom. The van der Waals surface area contributed by atoms with Crippen molar-refractivity contribution in [3.05, 3.63) is 48.5 Å². The van der Waals surface area contributed by atoms with Crippen LogP contribution in [-0.2, 0) is 0 Å². The van der Waals surface area contributed by atoms with Crippen LogP contribution in [-0.4, -0.2) is 9.55 Å². The van der Waals surface area contributed by atoms with Crippen molar-refractivity contribution in [3.63, 3.8) is 0 Å². The van der Waals surface area contributed by atoms with E-state index < -0.39 is 0 Å². The average molecular weight is 226 g/mol. The third-order valence-corrected chi connectivity index (χ3v) is 3.67. The Labute approximate surface area is 102 Å². The quantitative estimate of drug-likeness (QED) is 0.759. The molecule has 0 bridgehead atoms. The van der Waals surface area contributed by atoms with Gasteiger partial charge in [-0.3, -0.25) is 0 Å². The van der Waals surface area contributed by atoms with E-state index in [1.54, 1.807) is 0 Å². The molecule has 0 radical (unpaired) electrons. The van der Waals surface area contributed by atoms with E-state index in [2.05, 4.69) is 46.1 Å². The van der Waals surface area contributed by atoms with E-state index in [1.807, 2.05) is 6.20 Å². The number of imidazole rings is 1. The first-order chi connectivity index (χ1) is 8.45. The van der Waals surface area contributed by atoms with Crippen LogP contribution < -0.4 is 0 Å². The first-order valence-corrected chi connectivity index (χ1v) is 6.54. The fourth-order valence-corrected chi connectivity index (χ4v) is 2.78. The molecule has 1 saturated carbocycles. The third-order valence-electron chi connectivity index (χ3n) is 3.67. The fraction of sp³-hybridized carbons (Fsp3) is 0.400. The zero-order chi connectivity index (χ0) is 11.5. The molecule has 1 aliphatic carbocycles. The highest BCUT2D eigenvalue weighted by Crippen LogP contribution is 2.32. The van der Waals surface area contributed by atoms with Crippen LogP contribution in [0.4, 0.5) is 0 Å². The van der Waals surface area contributed by atoms with Gasteiger partial charge in [-0.2, -0.15) is 0 Å². The summed E-state index contributed by atoms with van der Waals surface area (Å²) in [5.41, 5.74) is 1.23. The SMILES string of the molecule is c1ccc(-n2ccnc2C2CCCCC2)cc1. The summed E-state index contributed by atoms with van der Waals surface area (Å²) in [4.78, 5) is 4.58. The molecule has 0 aliphatic heterocycles. The molecule has 0 atom stereocenters. The molecule has 0 N–H and O–H groups in total. The van der Waals surface area contributed by atoms with E-state index in [0.29, 0.717) is 5.92 Å². The van der Waals surface area contributed by atoms with Crippen molar-refractivity contribution < 1.29 is 0 Å². The summed E-state index contributed by atoms with van der Waals surface area (Å²) in [5.74, 6) is 1.90. The summed E-state index contributed by atoms with van der Waals surface area (Å²) in [5, 5.41) is 0. The van der Waals surface area contributed by atoms with E-state index in [0.717, 1.165) is 0 Å². The molecule has 0 saturated heterocycles. The second-order valence-corrected chi connectivity index (χ2v) is 4.83. The minimum Gasteiger partial charge on any atom is -0.304 e. The summed E-state index contributed by atoms with van der Waals surface area (Å²) < 4.78 is 2.25. The Morgan fingerprint density at radius 2 is 1.76 bits per heavy atom. The van der Waals surface area contributed by atoms with Gasteiger partial charge < -0.3 is 4.57 Å². The van der Waals surface area contributed by atoms with Crippen LogP contribution in [0.1, 0.15) is 43.8 Å². The molecule has 1 fully saturated rings. The highest BCUT2D eigenvalue weighted by molar-refractivity contribution is 5.33. The molecule has 1 aromatic heterocycles. The number of aromatic nitrogens is 2. The monoisotopic (exact) mass is 226 g/mol. The number of rotatable bonds is 2. The predicted octanol–water partition coefficient (Wildman–Crippen LogP) is 3.92. The summed E-state index contributed by atoms with van der Waals surface area (Å²) in [6.07, 6.45) is 10.7. The Kier molecular flexibility index (Phi) is 2.95. The van der Waals surface area contributed by atoms with Crippen molar-refractivity contribution in [2.45, 2.75) is 38.0 Å².